The third-order valence-corrected chi connectivity index (χ3v) is 3.69. The number of benzene rings is 1. The Balaban J connectivity index is 2.19. The Morgan fingerprint density at radius 3 is 2.70 bits per heavy atom. The summed E-state index contributed by atoms with van der Waals surface area (Å²) in [6.45, 7) is 3.98. The van der Waals surface area contributed by atoms with E-state index in [9.17, 15) is 9.90 Å². The molecule has 1 aliphatic rings. The Hall–Kier alpha value is -2.01. The fraction of sp³-hybridized carbons (Fsp3) is 0.400. The molecule has 0 radical (unpaired) electrons. The zero-order valence-corrected chi connectivity index (χ0v) is 11.6. The van der Waals surface area contributed by atoms with E-state index in [1.54, 1.807) is 6.07 Å². The van der Waals surface area contributed by atoms with Gasteiger partial charge in [0.1, 0.15) is 5.58 Å². The summed E-state index contributed by atoms with van der Waals surface area (Å²) < 4.78 is 16.1. The highest BCUT2D eigenvalue weighted by atomic mass is 16.6. The van der Waals surface area contributed by atoms with Gasteiger partial charge in [-0.3, -0.25) is 0 Å². The molecule has 0 saturated carbocycles. The van der Waals surface area contributed by atoms with Crippen molar-refractivity contribution in [3.63, 3.8) is 0 Å². The van der Waals surface area contributed by atoms with Gasteiger partial charge >= 0.3 is 5.63 Å². The Kier molecular flexibility index (Phi) is 2.76. The van der Waals surface area contributed by atoms with Crippen molar-refractivity contribution in [2.24, 2.45) is 0 Å². The van der Waals surface area contributed by atoms with Crippen molar-refractivity contribution in [2.45, 2.75) is 32.0 Å². The van der Waals surface area contributed by atoms with Crippen LogP contribution in [0.5, 0.6) is 11.5 Å². The Morgan fingerprint density at radius 1 is 1.40 bits per heavy atom. The van der Waals surface area contributed by atoms with Crippen LogP contribution in [0.3, 0.4) is 0 Å². The van der Waals surface area contributed by atoms with Gasteiger partial charge in [0.05, 0.1) is 18.8 Å². The smallest absolute Gasteiger partial charge is 0.336 e. The van der Waals surface area contributed by atoms with Crippen LogP contribution in [0.4, 0.5) is 0 Å². The van der Waals surface area contributed by atoms with Crippen molar-refractivity contribution < 1.29 is 19.0 Å². The van der Waals surface area contributed by atoms with Gasteiger partial charge in [0, 0.05) is 23.4 Å². The highest BCUT2D eigenvalue weighted by molar-refractivity contribution is 5.85. The average Bonchev–Trinajstić information content (AvgIpc) is 2.98. The van der Waals surface area contributed by atoms with Crippen molar-refractivity contribution in [3.05, 3.63) is 34.2 Å². The number of aromatic hydroxyl groups is 1. The summed E-state index contributed by atoms with van der Waals surface area (Å²) in [6, 6.07) is 4.48. The van der Waals surface area contributed by atoms with E-state index in [4.69, 9.17) is 13.9 Å². The van der Waals surface area contributed by atoms with E-state index in [2.05, 4.69) is 0 Å². The maximum absolute atomic E-state index is 11.4. The summed E-state index contributed by atoms with van der Waals surface area (Å²) in [7, 11) is 1.48. The van der Waals surface area contributed by atoms with Crippen LogP contribution >= 0.6 is 0 Å². The number of hydrogen-bond acceptors (Lipinski definition) is 5. The third kappa shape index (κ3) is 2.04. The SMILES string of the molecule is COc1c(O)cc2ccc(=O)oc2c1CC1OC1(C)C. The predicted molar refractivity (Wildman–Crippen MR) is 73.4 cm³/mol. The van der Waals surface area contributed by atoms with E-state index < -0.39 is 5.63 Å². The molecule has 5 nitrogen and oxygen atoms in total. The van der Waals surface area contributed by atoms with Gasteiger partial charge in [0.2, 0.25) is 0 Å². The number of fused-ring (bicyclic) bond motifs is 1. The Labute approximate surface area is 115 Å². The summed E-state index contributed by atoms with van der Waals surface area (Å²) in [5.74, 6) is 0.362. The van der Waals surface area contributed by atoms with Gasteiger partial charge in [-0.2, -0.15) is 0 Å². The van der Waals surface area contributed by atoms with Gasteiger partial charge in [-0.15, -0.1) is 0 Å². The summed E-state index contributed by atoms with van der Waals surface area (Å²) in [5, 5.41) is 10.7. The van der Waals surface area contributed by atoms with E-state index in [1.807, 2.05) is 13.8 Å². The van der Waals surface area contributed by atoms with E-state index in [0.29, 0.717) is 28.7 Å². The van der Waals surface area contributed by atoms with Crippen LogP contribution in [0.1, 0.15) is 19.4 Å². The van der Waals surface area contributed by atoms with Crippen molar-refractivity contribution in [1.82, 2.24) is 0 Å². The molecule has 1 fully saturated rings. The van der Waals surface area contributed by atoms with Gasteiger partial charge in [-0.05, 0) is 26.0 Å². The molecule has 1 saturated heterocycles. The van der Waals surface area contributed by atoms with Gasteiger partial charge in [-0.25, -0.2) is 4.79 Å². The van der Waals surface area contributed by atoms with Crippen LogP contribution in [-0.2, 0) is 11.2 Å². The molecule has 1 aromatic heterocycles. The molecule has 0 bridgehead atoms. The topological polar surface area (TPSA) is 72.2 Å². The average molecular weight is 276 g/mol. The molecule has 0 aliphatic carbocycles. The van der Waals surface area contributed by atoms with E-state index in [-0.39, 0.29) is 17.5 Å². The van der Waals surface area contributed by atoms with E-state index >= 15 is 0 Å². The van der Waals surface area contributed by atoms with Gasteiger partial charge in [0.25, 0.3) is 0 Å². The Morgan fingerprint density at radius 2 is 2.10 bits per heavy atom. The summed E-state index contributed by atoms with van der Waals surface area (Å²) >= 11 is 0. The van der Waals surface area contributed by atoms with Crippen LogP contribution in [-0.4, -0.2) is 23.9 Å². The lowest BCUT2D eigenvalue weighted by molar-refractivity contribution is 0.321. The lowest BCUT2D eigenvalue weighted by Crippen LogP contribution is -2.08. The summed E-state index contributed by atoms with van der Waals surface area (Å²) in [4.78, 5) is 11.4. The molecule has 106 valence electrons. The number of phenols is 1. The fourth-order valence-corrected chi connectivity index (χ4v) is 2.47. The lowest BCUT2D eigenvalue weighted by atomic mass is 9.99. The van der Waals surface area contributed by atoms with Crippen molar-refractivity contribution in [3.8, 4) is 11.5 Å². The molecular formula is C15H16O5. The van der Waals surface area contributed by atoms with Gasteiger partial charge in [-0.1, -0.05) is 0 Å². The van der Waals surface area contributed by atoms with Crippen molar-refractivity contribution >= 4 is 11.0 Å². The van der Waals surface area contributed by atoms with Crippen LogP contribution in [0, 0.1) is 0 Å². The maximum Gasteiger partial charge on any atom is 0.336 e. The molecule has 1 aliphatic heterocycles. The number of rotatable bonds is 3. The number of ether oxygens (including phenoxy) is 2. The first kappa shape index (κ1) is 13.0. The standard InChI is InChI=1S/C15H16O5/c1-15(2)11(20-15)7-9-13-8(4-5-12(17)19-13)6-10(16)14(9)18-3/h4-6,11,16H,7H2,1-3H3. The first-order chi connectivity index (χ1) is 9.42. The maximum atomic E-state index is 11.4. The predicted octanol–water partition coefficient (Wildman–Crippen LogP) is 2.23. The minimum Gasteiger partial charge on any atom is -0.504 e. The highest BCUT2D eigenvalue weighted by Gasteiger charge is 2.48. The molecule has 20 heavy (non-hydrogen) atoms. The first-order valence-corrected chi connectivity index (χ1v) is 6.43. The van der Waals surface area contributed by atoms with E-state index in [1.165, 1.54) is 19.2 Å². The quantitative estimate of drug-likeness (QED) is 0.687. The zero-order chi connectivity index (χ0) is 14.5. The third-order valence-electron chi connectivity index (χ3n) is 3.69. The van der Waals surface area contributed by atoms with E-state index in [0.717, 1.165) is 0 Å². The first-order valence-electron chi connectivity index (χ1n) is 6.43. The van der Waals surface area contributed by atoms with Crippen LogP contribution < -0.4 is 10.4 Å². The molecule has 0 amide bonds. The molecule has 5 heteroatoms. The molecule has 2 heterocycles. The minimum absolute atomic E-state index is 0.0203. The van der Waals surface area contributed by atoms with Crippen molar-refractivity contribution in [2.75, 3.05) is 7.11 Å². The van der Waals surface area contributed by atoms with Crippen LogP contribution in [0.15, 0.2) is 27.4 Å². The van der Waals surface area contributed by atoms with Crippen molar-refractivity contribution in [1.29, 1.82) is 0 Å². The van der Waals surface area contributed by atoms with Crippen LogP contribution in [0.2, 0.25) is 0 Å². The number of methoxy groups -OCH3 is 1. The molecular weight excluding hydrogens is 260 g/mol. The van der Waals surface area contributed by atoms with Gasteiger partial charge < -0.3 is 19.0 Å². The molecule has 3 rings (SSSR count). The minimum atomic E-state index is -0.428. The molecule has 1 unspecified atom stereocenters. The second-order valence-electron chi connectivity index (χ2n) is 5.49. The number of phenolic OH excluding ortho intramolecular Hbond substituents is 1. The summed E-state index contributed by atoms with van der Waals surface area (Å²) in [6.07, 6.45) is 0.542. The molecule has 1 N–H and O–H groups in total. The summed E-state index contributed by atoms with van der Waals surface area (Å²) in [5.41, 5.74) is 0.481. The number of hydrogen-bond donors (Lipinski definition) is 1. The number of epoxide rings is 1. The second-order valence-corrected chi connectivity index (χ2v) is 5.49. The monoisotopic (exact) mass is 276 g/mol. The normalized spacial score (nSPS) is 20.1. The lowest BCUT2D eigenvalue weighted by Gasteiger charge is -2.12. The van der Waals surface area contributed by atoms with Crippen LogP contribution in [0.25, 0.3) is 11.0 Å². The molecule has 2 aromatic rings. The second kappa shape index (κ2) is 4.24. The fourth-order valence-electron chi connectivity index (χ4n) is 2.47. The molecule has 1 aromatic carbocycles. The Bertz CT molecular complexity index is 729. The zero-order valence-electron chi connectivity index (χ0n) is 11.6. The molecule has 1 atom stereocenters. The molecule has 0 spiro atoms. The van der Waals surface area contributed by atoms with Gasteiger partial charge in [0.15, 0.2) is 11.5 Å². The highest BCUT2D eigenvalue weighted by Crippen LogP contribution is 2.43. The largest absolute Gasteiger partial charge is 0.504 e.